The van der Waals surface area contributed by atoms with Gasteiger partial charge < -0.3 is 19.9 Å². The number of hydrogen-bond acceptors (Lipinski definition) is 4. The zero-order valence-corrected chi connectivity index (χ0v) is 17.3. The van der Waals surface area contributed by atoms with Crippen molar-refractivity contribution in [1.82, 2.24) is 20.2 Å². The van der Waals surface area contributed by atoms with Crippen LogP contribution >= 0.6 is 24.8 Å². The lowest BCUT2D eigenvalue weighted by Gasteiger charge is -2.33. The average Bonchev–Trinajstić information content (AvgIpc) is 3.21. The molecule has 8 heteroatoms. The Morgan fingerprint density at radius 1 is 1.33 bits per heavy atom. The first kappa shape index (κ1) is 22.0. The highest BCUT2D eigenvalue weighted by Gasteiger charge is 2.40. The molecule has 1 aromatic carbocycles. The monoisotopic (exact) mass is 414 g/mol. The molecule has 3 heterocycles. The number of halogens is 2. The topological polar surface area (TPSA) is 70.2 Å². The van der Waals surface area contributed by atoms with Gasteiger partial charge in [0.25, 0.3) is 0 Å². The first-order valence-electron chi connectivity index (χ1n) is 9.16. The SMILES string of the molecule is Cc1cccc2[nH]c(COCC(=O)N3CCC4(CCCNC4)C3)nc12.Cl.Cl. The number of aromatic amines is 1. The molecule has 1 aromatic heterocycles. The van der Waals surface area contributed by atoms with Crippen molar-refractivity contribution in [1.29, 1.82) is 0 Å². The van der Waals surface area contributed by atoms with E-state index in [9.17, 15) is 4.79 Å². The number of carbonyl (C=O) groups excluding carboxylic acids is 1. The second-order valence-electron chi connectivity index (χ2n) is 7.49. The highest BCUT2D eigenvalue weighted by molar-refractivity contribution is 5.85. The van der Waals surface area contributed by atoms with E-state index >= 15 is 0 Å². The van der Waals surface area contributed by atoms with Gasteiger partial charge in [0.15, 0.2) is 0 Å². The zero-order valence-electron chi connectivity index (χ0n) is 15.6. The summed E-state index contributed by atoms with van der Waals surface area (Å²) >= 11 is 0. The van der Waals surface area contributed by atoms with E-state index in [2.05, 4.69) is 15.3 Å². The molecule has 2 aliphatic rings. The molecule has 2 fully saturated rings. The fourth-order valence-electron chi connectivity index (χ4n) is 4.15. The largest absolute Gasteiger partial charge is 0.364 e. The quantitative estimate of drug-likeness (QED) is 0.806. The lowest BCUT2D eigenvalue weighted by Crippen LogP contribution is -2.43. The van der Waals surface area contributed by atoms with Crippen LogP contribution in [0.15, 0.2) is 18.2 Å². The standard InChI is InChI=1S/C19H26N4O2.2ClH/c1-14-4-2-5-15-18(14)22-16(21-15)10-25-11-17(24)23-9-7-19(13-23)6-3-8-20-12-19;;/h2,4-5,20H,3,6-13H2,1H3,(H,21,22);2*1H. The van der Waals surface area contributed by atoms with Crippen LogP contribution in [-0.2, 0) is 16.1 Å². The van der Waals surface area contributed by atoms with E-state index in [1.807, 2.05) is 30.0 Å². The van der Waals surface area contributed by atoms with E-state index in [0.717, 1.165) is 55.0 Å². The summed E-state index contributed by atoms with van der Waals surface area (Å²) in [6.45, 7) is 6.37. The van der Waals surface area contributed by atoms with Crippen molar-refractivity contribution >= 4 is 41.8 Å². The Balaban J connectivity index is 0.00000131. The second kappa shape index (κ2) is 9.24. The minimum absolute atomic E-state index is 0. The van der Waals surface area contributed by atoms with Gasteiger partial charge in [-0.25, -0.2) is 4.98 Å². The number of fused-ring (bicyclic) bond motifs is 1. The number of nitrogens with one attached hydrogen (secondary N) is 2. The lowest BCUT2D eigenvalue weighted by atomic mass is 9.80. The smallest absolute Gasteiger partial charge is 0.248 e. The summed E-state index contributed by atoms with van der Waals surface area (Å²) < 4.78 is 5.64. The van der Waals surface area contributed by atoms with Crippen molar-refractivity contribution in [2.24, 2.45) is 5.41 Å². The minimum Gasteiger partial charge on any atom is -0.364 e. The Kier molecular flexibility index (Phi) is 7.51. The van der Waals surface area contributed by atoms with E-state index in [1.54, 1.807) is 0 Å². The molecule has 0 aliphatic carbocycles. The Labute approximate surface area is 172 Å². The van der Waals surface area contributed by atoms with E-state index < -0.39 is 0 Å². The van der Waals surface area contributed by atoms with E-state index in [4.69, 9.17) is 4.74 Å². The van der Waals surface area contributed by atoms with E-state index in [-0.39, 0.29) is 37.3 Å². The van der Waals surface area contributed by atoms with Gasteiger partial charge in [-0.15, -0.1) is 24.8 Å². The summed E-state index contributed by atoms with van der Waals surface area (Å²) in [5, 5.41) is 3.48. The number of aromatic nitrogens is 2. The van der Waals surface area contributed by atoms with E-state index in [1.165, 1.54) is 12.8 Å². The van der Waals surface area contributed by atoms with Crippen molar-refractivity contribution in [3.63, 3.8) is 0 Å². The van der Waals surface area contributed by atoms with Crippen LogP contribution in [-0.4, -0.2) is 53.6 Å². The number of imidazole rings is 1. The molecule has 0 saturated carbocycles. The van der Waals surface area contributed by atoms with Crippen LogP contribution in [0.1, 0.15) is 30.7 Å². The minimum atomic E-state index is 0. The van der Waals surface area contributed by atoms with E-state index in [0.29, 0.717) is 12.0 Å². The van der Waals surface area contributed by atoms with Gasteiger partial charge in [0.05, 0.1) is 11.0 Å². The van der Waals surface area contributed by atoms with Crippen molar-refractivity contribution in [3.8, 4) is 0 Å². The number of ether oxygens (including phenoxy) is 1. The highest BCUT2D eigenvalue weighted by atomic mass is 35.5. The predicted octanol–water partition coefficient (Wildman–Crippen LogP) is 2.83. The molecule has 4 rings (SSSR count). The maximum atomic E-state index is 12.4. The third-order valence-electron chi connectivity index (χ3n) is 5.58. The Morgan fingerprint density at radius 2 is 2.19 bits per heavy atom. The van der Waals surface area contributed by atoms with Gasteiger partial charge in [-0.3, -0.25) is 4.79 Å². The first-order chi connectivity index (χ1) is 12.2. The number of hydrogen-bond donors (Lipinski definition) is 2. The third kappa shape index (κ3) is 4.74. The number of para-hydroxylation sites is 1. The molecule has 1 spiro atoms. The molecule has 27 heavy (non-hydrogen) atoms. The predicted molar refractivity (Wildman–Crippen MR) is 111 cm³/mol. The van der Waals surface area contributed by atoms with Crippen LogP contribution < -0.4 is 5.32 Å². The molecule has 2 N–H and O–H groups in total. The summed E-state index contributed by atoms with van der Waals surface area (Å²) in [6.07, 6.45) is 3.54. The van der Waals surface area contributed by atoms with Gasteiger partial charge in [-0.05, 0) is 44.4 Å². The van der Waals surface area contributed by atoms with Gasteiger partial charge in [-0.2, -0.15) is 0 Å². The highest BCUT2D eigenvalue weighted by Crippen LogP contribution is 2.36. The van der Waals surface area contributed by atoms with Gasteiger partial charge in [0, 0.05) is 25.0 Å². The van der Waals surface area contributed by atoms with Gasteiger partial charge >= 0.3 is 0 Å². The molecule has 2 aromatic rings. The molecular weight excluding hydrogens is 387 g/mol. The number of H-pyrrole nitrogens is 1. The second-order valence-corrected chi connectivity index (χ2v) is 7.49. The number of likely N-dealkylation sites (tertiary alicyclic amines) is 1. The van der Waals surface area contributed by atoms with Gasteiger partial charge in [0.2, 0.25) is 5.91 Å². The molecule has 2 saturated heterocycles. The van der Waals surface area contributed by atoms with Crippen LogP contribution in [0, 0.1) is 12.3 Å². The van der Waals surface area contributed by atoms with Crippen molar-refractivity contribution < 1.29 is 9.53 Å². The van der Waals surface area contributed by atoms with Crippen LogP contribution in [0.3, 0.4) is 0 Å². The average molecular weight is 415 g/mol. The molecule has 1 unspecified atom stereocenters. The molecule has 1 amide bonds. The maximum Gasteiger partial charge on any atom is 0.248 e. The number of piperidine rings is 1. The van der Waals surface area contributed by atoms with Crippen LogP contribution in [0.2, 0.25) is 0 Å². The molecule has 0 radical (unpaired) electrons. The summed E-state index contributed by atoms with van der Waals surface area (Å²) in [4.78, 5) is 22.2. The summed E-state index contributed by atoms with van der Waals surface area (Å²) in [5.74, 6) is 0.862. The number of benzene rings is 1. The number of carbonyl (C=O) groups is 1. The zero-order chi connectivity index (χ0) is 17.3. The van der Waals surface area contributed by atoms with Crippen molar-refractivity contribution in [2.75, 3.05) is 32.8 Å². The fourth-order valence-corrected chi connectivity index (χ4v) is 4.15. The van der Waals surface area contributed by atoms with Crippen molar-refractivity contribution in [2.45, 2.75) is 32.8 Å². The number of amides is 1. The molecule has 1 atom stereocenters. The molecule has 150 valence electrons. The van der Waals surface area contributed by atoms with Gasteiger partial charge in [0.1, 0.15) is 19.0 Å². The molecule has 6 nitrogen and oxygen atoms in total. The van der Waals surface area contributed by atoms with Crippen LogP contribution in [0.5, 0.6) is 0 Å². The van der Waals surface area contributed by atoms with Crippen LogP contribution in [0.4, 0.5) is 0 Å². The van der Waals surface area contributed by atoms with Gasteiger partial charge in [-0.1, -0.05) is 12.1 Å². The Morgan fingerprint density at radius 3 is 2.93 bits per heavy atom. The van der Waals surface area contributed by atoms with Crippen molar-refractivity contribution in [3.05, 3.63) is 29.6 Å². The number of aryl methyl sites for hydroxylation is 1. The first-order valence-corrected chi connectivity index (χ1v) is 9.16. The Hall–Kier alpha value is -1.34. The molecular formula is C19H28Cl2N4O2. The fraction of sp³-hybridized carbons (Fsp3) is 0.579. The molecule has 2 aliphatic heterocycles. The maximum absolute atomic E-state index is 12.4. The normalized spacial score (nSPS) is 21.9. The third-order valence-corrected chi connectivity index (χ3v) is 5.58. The number of rotatable bonds is 4. The van der Waals surface area contributed by atoms with Crippen LogP contribution in [0.25, 0.3) is 11.0 Å². The summed E-state index contributed by atoms with van der Waals surface area (Å²) in [6, 6.07) is 6.06. The summed E-state index contributed by atoms with van der Waals surface area (Å²) in [7, 11) is 0. The Bertz CT molecular complexity index is 774. The molecule has 0 bridgehead atoms. The lowest BCUT2D eigenvalue weighted by molar-refractivity contribution is -0.136. The summed E-state index contributed by atoms with van der Waals surface area (Å²) in [5.41, 5.74) is 3.42. The number of nitrogens with zero attached hydrogens (tertiary/aromatic N) is 2.